The zero-order chi connectivity index (χ0) is 9.68. The lowest BCUT2D eigenvalue weighted by molar-refractivity contribution is -0.130. The van der Waals surface area contributed by atoms with Crippen LogP contribution in [0, 0.1) is 0 Å². The van der Waals surface area contributed by atoms with Crippen molar-refractivity contribution in [3.63, 3.8) is 0 Å². The fourth-order valence-corrected chi connectivity index (χ4v) is 2.01. The predicted molar refractivity (Wildman–Crippen MR) is 58.1 cm³/mol. The molecule has 3 heteroatoms. The molecule has 1 unspecified atom stereocenters. The molecule has 1 rings (SSSR count). The van der Waals surface area contributed by atoms with Gasteiger partial charge in [0.05, 0.1) is 4.83 Å². The molecule has 2 nitrogen and oxygen atoms in total. The molecule has 0 bridgehead atoms. The van der Waals surface area contributed by atoms with E-state index in [1.165, 1.54) is 32.1 Å². The van der Waals surface area contributed by atoms with E-state index in [9.17, 15) is 4.79 Å². The Morgan fingerprint density at radius 2 is 1.62 bits per heavy atom. The van der Waals surface area contributed by atoms with Crippen LogP contribution in [-0.2, 0) is 4.79 Å². The van der Waals surface area contributed by atoms with Gasteiger partial charge < -0.3 is 4.90 Å². The van der Waals surface area contributed by atoms with Crippen LogP contribution in [0.1, 0.15) is 39.0 Å². The summed E-state index contributed by atoms with van der Waals surface area (Å²) in [5.74, 6) is 0.252. The molecule has 0 aromatic carbocycles. The fraction of sp³-hybridized carbons (Fsp3) is 0.900. The van der Waals surface area contributed by atoms with E-state index >= 15 is 0 Å². The fourth-order valence-electron chi connectivity index (χ4n) is 1.72. The lowest BCUT2D eigenvalue weighted by Crippen LogP contribution is -2.37. The Kier molecular flexibility index (Phi) is 4.78. The Balaban J connectivity index is 2.41. The first-order chi connectivity index (χ1) is 6.22. The Morgan fingerprint density at radius 1 is 1.15 bits per heavy atom. The molecule has 0 saturated carbocycles. The molecular formula is C10H18BrNO. The minimum Gasteiger partial charge on any atom is -0.342 e. The lowest BCUT2D eigenvalue weighted by Gasteiger charge is -2.25. The van der Waals surface area contributed by atoms with E-state index in [0.717, 1.165) is 13.1 Å². The summed E-state index contributed by atoms with van der Waals surface area (Å²) in [7, 11) is 0. The molecule has 0 aromatic rings. The van der Waals surface area contributed by atoms with E-state index in [-0.39, 0.29) is 10.7 Å². The summed E-state index contributed by atoms with van der Waals surface area (Å²) in [6.07, 6.45) is 6.24. The second kappa shape index (κ2) is 5.63. The lowest BCUT2D eigenvalue weighted by atomic mass is 10.1. The number of likely N-dealkylation sites (tertiary alicyclic amines) is 1. The summed E-state index contributed by atoms with van der Waals surface area (Å²) in [4.78, 5) is 13.6. The quantitative estimate of drug-likeness (QED) is 0.653. The molecule has 1 fully saturated rings. The monoisotopic (exact) mass is 247 g/mol. The number of nitrogens with zero attached hydrogens (tertiary/aromatic N) is 1. The van der Waals surface area contributed by atoms with Crippen LogP contribution in [0.5, 0.6) is 0 Å². The zero-order valence-corrected chi connectivity index (χ0v) is 9.85. The van der Waals surface area contributed by atoms with Gasteiger partial charge in [0, 0.05) is 13.1 Å². The molecule has 0 radical (unpaired) electrons. The number of amides is 1. The maximum absolute atomic E-state index is 11.6. The highest BCUT2D eigenvalue weighted by Gasteiger charge is 2.18. The van der Waals surface area contributed by atoms with Gasteiger partial charge in [-0.25, -0.2) is 0 Å². The predicted octanol–water partition coefficient (Wildman–Crippen LogP) is 2.56. The van der Waals surface area contributed by atoms with Gasteiger partial charge in [-0.1, -0.05) is 35.2 Å². The van der Waals surface area contributed by atoms with Crippen LogP contribution >= 0.6 is 15.9 Å². The summed E-state index contributed by atoms with van der Waals surface area (Å²) in [5.41, 5.74) is 0. The van der Waals surface area contributed by atoms with Gasteiger partial charge in [-0.15, -0.1) is 0 Å². The minimum absolute atomic E-state index is 0.0214. The molecule has 0 aliphatic carbocycles. The van der Waals surface area contributed by atoms with Gasteiger partial charge in [-0.05, 0) is 19.8 Å². The summed E-state index contributed by atoms with van der Waals surface area (Å²) in [6.45, 7) is 3.81. The summed E-state index contributed by atoms with van der Waals surface area (Å²) in [6, 6.07) is 0. The molecule has 1 aliphatic heterocycles. The Labute approximate surface area is 88.8 Å². The van der Waals surface area contributed by atoms with Crippen molar-refractivity contribution in [3.05, 3.63) is 0 Å². The van der Waals surface area contributed by atoms with Gasteiger partial charge in [-0.2, -0.15) is 0 Å². The van der Waals surface area contributed by atoms with Gasteiger partial charge in [0.25, 0.3) is 0 Å². The first kappa shape index (κ1) is 11.0. The smallest absolute Gasteiger partial charge is 0.236 e. The number of carbonyl (C=O) groups is 1. The molecule has 0 N–H and O–H groups in total. The molecule has 1 heterocycles. The second-order valence-electron chi connectivity index (χ2n) is 3.71. The molecular weight excluding hydrogens is 230 g/mol. The number of hydrogen-bond acceptors (Lipinski definition) is 1. The van der Waals surface area contributed by atoms with E-state index in [0.29, 0.717) is 0 Å². The van der Waals surface area contributed by atoms with Gasteiger partial charge in [0.2, 0.25) is 5.91 Å². The number of carbonyl (C=O) groups excluding carboxylic acids is 1. The molecule has 0 spiro atoms. The topological polar surface area (TPSA) is 20.3 Å². The highest BCUT2D eigenvalue weighted by molar-refractivity contribution is 9.10. The third-order valence-corrected chi connectivity index (χ3v) is 2.90. The number of rotatable bonds is 1. The summed E-state index contributed by atoms with van der Waals surface area (Å²) in [5, 5.41) is 0. The molecule has 1 aliphatic rings. The zero-order valence-electron chi connectivity index (χ0n) is 8.26. The molecule has 13 heavy (non-hydrogen) atoms. The van der Waals surface area contributed by atoms with E-state index in [4.69, 9.17) is 0 Å². The van der Waals surface area contributed by atoms with Gasteiger partial charge in [-0.3, -0.25) is 4.79 Å². The first-order valence-electron chi connectivity index (χ1n) is 5.14. The third-order valence-electron chi connectivity index (χ3n) is 2.51. The van der Waals surface area contributed by atoms with Crippen molar-refractivity contribution in [2.45, 2.75) is 43.9 Å². The van der Waals surface area contributed by atoms with Crippen LogP contribution < -0.4 is 0 Å². The van der Waals surface area contributed by atoms with Gasteiger partial charge in [0.15, 0.2) is 0 Å². The molecule has 76 valence electrons. The van der Waals surface area contributed by atoms with Crippen LogP contribution in [0.2, 0.25) is 0 Å². The Bertz CT molecular complexity index is 162. The van der Waals surface area contributed by atoms with Crippen LogP contribution in [-0.4, -0.2) is 28.7 Å². The van der Waals surface area contributed by atoms with Crippen LogP contribution in [0.25, 0.3) is 0 Å². The number of alkyl halides is 1. The van der Waals surface area contributed by atoms with E-state index < -0.39 is 0 Å². The maximum atomic E-state index is 11.6. The maximum Gasteiger partial charge on any atom is 0.236 e. The number of halogens is 1. The van der Waals surface area contributed by atoms with Crippen molar-refractivity contribution < 1.29 is 4.79 Å². The van der Waals surface area contributed by atoms with Crippen LogP contribution in [0.15, 0.2) is 0 Å². The van der Waals surface area contributed by atoms with E-state index in [2.05, 4.69) is 15.9 Å². The molecule has 1 saturated heterocycles. The van der Waals surface area contributed by atoms with Gasteiger partial charge in [0.1, 0.15) is 0 Å². The van der Waals surface area contributed by atoms with E-state index in [1.54, 1.807) is 0 Å². The van der Waals surface area contributed by atoms with Crippen molar-refractivity contribution in [1.29, 1.82) is 0 Å². The minimum atomic E-state index is -0.0214. The highest BCUT2D eigenvalue weighted by atomic mass is 79.9. The van der Waals surface area contributed by atoms with Crippen molar-refractivity contribution in [2.24, 2.45) is 0 Å². The summed E-state index contributed by atoms with van der Waals surface area (Å²) >= 11 is 3.33. The number of hydrogen-bond donors (Lipinski definition) is 0. The van der Waals surface area contributed by atoms with E-state index in [1.807, 2.05) is 11.8 Å². The SMILES string of the molecule is CC(Br)C(=O)N1CCCCCCC1. The molecule has 0 aromatic heterocycles. The van der Waals surface area contributed by atoms with Crippen LogP contribution in [0.3, 0.4) is 0 Å². The standard InChI is InChI=1S/C10H18BrNO/c1-9(11)10(13)12-7-5-3-2-4-6-8-12/h9H,2-8H2,1H3. The van der Waals surface area contributed by atoms with Crippen molar-refractivity contribution in [1.82, 2.24) is 4.90 Å². The first-order valence-corrected chi connectivity index (χ1v) is 6.06. The Morgan fingerprint density at radius 3 is 2.08 bits per heavy atom. The van der Waals surface area contributed by atoms with Gasteiger partial charge >= 0.3 is 0 Å². The van der Waals surface area contributed by atoms with Crippen LogP contribution in [0.4, 0.5) is 0 Å². The third kappa shape index (κ3) is 3.67. The average molecular weight is 248 g/mol. The average Bonchev–Trinajstić information content (AvgIpc) is 2.02. The van der Waals surface area contributed by atoms with Crippen molar-refractivity contribution in [2.75, 3.05) is 13.1 Å². The van der Waals surface area contributed by atoms with Crippen molar-refractivity contribution >= 4 is 21.8 Å². The molecule has 1 amide bonds. The Hall–Kier alpha value is -0.0500. The molecule has 1 atom stereocenters. The summed E-state index contributed by atoms with van der Waals surface area (Å²) < 4.78 is 0. The normalized spacial score (nSPS) is 21.8. The largest absolute Gasteiger partial charge is 0.342 e. The van der Waals surface area contributed by atoms with Crippen molar-refractivity contribution in [3.8, 4) is 0 Å². The second-order valence-corrected chi connectivity index (χ2v) is 5.08. The highest BCUT2D eigenvalue weighted by Crippen LogP contribution is 2.13.